The van der Waals surface area contributed by atoms with Crippen LogP contribution in [0.5, 0.6) is 0 Å². The van der Waals surface area contributed by atoms with Crippen LogP contribution in [-0.4, -0.2) is 16.8 Å². The molecule has 34 heavy (non-hydrogen) atoms. The largest absolute Gasteiger partial charge is 0.382 e. The number of aromatic nitrogens is 1. The number of benzene rings is 3. The molecule has 170 valence electrons. The fourth-order valence-electron chi connectivity index (χ4n) is 3.60. The van der Waals surface area contributed by atoms with Gasteiger partial charge in [-0.25, -0.2) is 4.98 Å². The van der Waals surface area contributed by atoms with E-state index < -0.39 is 0 Å². The number of pyridine rings is 1. The standard InChI is InChI=1S/C28H26N4O2/c1-19(23-9-5-10-24(17-23)21-7-3-2-4-8-21)27(33)31-18-20-12-14-22(15-13-20)28(34)32-25-11-6-16-30-26(25)29/h2-17,19H,18H2,1H3,(H2,29,30)(H,31,33)(H,32,34). The highest BCUT2D eigenvalue weighted by atomic mass is 16.2. The number of hydrogen-bond acceptors (Lipinski definition) is 4. The van der Waals surface area contributed by atoms with Gasteiger partial charge in [0.15, 0.2) is 0 Å². The van der Waals surface area contributed by atoms with Crippen LogP contribution in [0.25, 0.3) is 11.1 Å². The molecule has 4 rings (SSSR count). The molecular formula is C28H26N4O2. The lowest BCUT2D eigenvalue weighted by molar-refractivity contribution is -0.122. The topological polar surface area (TPSA) is 97.1 Å². The minimum absolute atomic E-state index is 0.0564. The molecule has 0 fully saturated rings. The van der Waals surface area contributed by atoms with Crippen molar-refractivity contribution in [2.24, 2.45) is 0 Å². The van der Waals surface area contributed by atoms with E-state index in [1.165, 1.54) is 0 Å². The number of nitrogens with zero attached hydrogens (tertiary/aromatic N) is 1. The van der Waals surface area contributed by atoms with Crippen LogP contribution in [0.15, 0.2) is 97.2 Å². The first-order chi connectivity index (χ1) is 16.5. The molecule has 1 unspecified atom stereocenters. The lowest BCUT2D eigenvalue weighted by Gasteiger charge is -2.14. The maximum absolute atomic E-state index is 12.8. The van der Waals surface area contributed by atoms with Gasteiger partial charge in [0.1, 0.15) is 5.82 Å². The zero-order chi connectivity index (χ0) is 23.9. The molecule has 0 saturated heterocycles. The Balaban J connectivity index is 1.35. The van der Waals surface area contributed by atoms with Gasteiger partial charge in [0.2, 0.25) is 5.91 Å². The van der Waals surface area contributed by atoms with E-state index in [-0.39, 0.29) is 23.6 Å². The Labute approximate surface area is 198 Å². The van der Waals surface area contributed by atoms with Crippen molar-refractivity contribution in [3.8, 4) is 11.1 Å². The van der Waals surface area contributed by atoms with Crippen molar-refractivity contribution < 1.29 is 9.59 Å². The zero-order valence-corrected chi connectivity index (χ0v) is 18.9. The van der Waals surface area contributed by atoms with Crippen molar-refractivity contribution in [3.63, 3.8) is 0 Å². The molecular weight excluding hydrogens is 424 g/mol. The van der Waals surface area contributed by atoms with Crippen molar-refractivity contribution >= 4 is 23.3 Å². The lowest BCUT2D eigenvalue weighted by atomic mass is 9.95. The molecule has 0 saturated carbocycles. The molecule has 0 aliphatic carbocycles. The summed E-state index contributed by atoms with van der Waals surface area (Å²) >= 11 is 0. The molecule has 1 aromatic heterocycles. The maximum Gasteiger partial charge on any atom is 0.255 e. The van der Waals surface area contributed by atoms with Crippen LogP contribution in [0.3, 0.4) is 0 Å². The molecule has 0 aliphatic heterocycles. The smallest absolute Gasteiger partial charge is 0.255 e. The van der Waals surface area contributed by atoms with Crippen LogP contribution in [0.2, 0.25) is 0 Å². The number of nitrogens with two attached hydrogens (primary N) is 1. The van der Waals surface area contributed by atoms with Crippen LogP contribution in [0, 0.1) is 0 Å². The number of hydrogen-bond donors (Lipinski definition) is 3. The maximum atomic E-state index is 12.8. The van der Waals surface area contributed by atoms with E-state index in [0.717, 1.165) is 22.3 Å². The second-order valence-corrected chi connectivity index (χ2v) is 8.02. The van der Waals surface area contributed by atoms with Crippen molar-refractivity contribution in [3.05, 3.63) is 114 Å². The van der Waals surface area contributed by atoms with Crippen LogP contribution >= 0.6 is 0 Å². The lowest BCUT2D eigenvalue weighted by Crippen LogP contribution is -2.27. The Kier molecular flexibility index (Phi) is 6.98. The number of carbonyl (C=O) groups excluding carboxylic acids is 2. The predicted molar refractivity (Wildman–Crippen MR) is 135 cm³/mol. The summed E-state index contributed by atoms with van der Waals surface area (Å²) in [5.41, 5.74) is 10.8. The first-order valence-corrected chi connectivity index (χ1v) is 11.0. The summed E-state index contributed by atoms with van der Waals surface area (Å²) < 4.78 is 0. The normalized spacial score (nSPS) is 11.4. The Morgan fingerprint density at radius 2 is 1.62 bits per heavy atom. The minimum Gasteiger partial charge on any atom is -0.382 e. The van der Waals surface area contributed by atoms with Gasteiger partial charge in [-0.15, -0.1) is 0 Å². The van der Waals surface area contributed by atoms with Crippen molar-refractivity contribution in [2.45, 2.75) is 19.4 Å². The Bertz CT molecular complexity index is 1290. The van der Waals surface area contributed by atoms with Crippen molar-refractivity contribution in [1.82, 2.24) is 10.3 Å². The highest BCUT2D eigenvalue weighted by Gasteiger charge is 2.16. The van der Waals surface area contributed by atoms with E-state index >= 15 is 0 Å². The first kappa shape index (κ1) is 22.7. The van der Waals surface area contributed by atoms with Crippen LogP contribution < -0.4 is 16.4 Å². The molecule has 2 amide bonds. The van der Waals surface area contributed by atoms with E-state index in [4.69, 9.17) is 5.73 Å². The number of anilines is 2. The summed E-state index contributed by atoms with van der Waals surface area (Å²) in [6.45, 7) is 2.27. The van der Waals surface area contributed by atoms with Gasteiger partial charge in [0.05, 0.1) is 11.6 Å². The molecule has 3 aromatic carbocycles. The highest BCUT2D eigenvalue weighted by Crippen LogP contribution is 2.24. The Morgan fingerprint density at radius 3 is 2.35 bits per heavy atom. The molecule has 1 atom stereocenters. The minimum atomic E-state index is -0.293. The summed E-state index contributed by atoms with van der Waals surface area (Å²) in [6, 6.07) is 28.6. The first-order valence-electron chi connectivity index (χ1n) is 11.0. The average Bonchev–Trinajstić information content (AvgIpc) is 2.89. The SMILES string of the molecule is CC(C(=O)NCc1ccc(C(=O)Nc2cccnc2N)cc1)c1cccc(-c2ccccc2)c1. The summed E-state index contributed by atoms with van der Waals surface area (Å²) in [4.78, 5) is 29.2. The number of amides is 2. The average molecular weight is 451 g/mol. The van der Waals surface area contributed by atoms with Gasteiger partial charge >= 0.3 is 0 Å². The van der Waals surface area contributed by atoms with E-state index in [2.05, 4.69) is 33.8 Å². The third-order valence-corrected chi connectivity index (χ3v) is 5.66. The Hall–Kier alpha value is -4.45. The van der Waals surface area contributed by atoms with E-state index in [1.807, 2.05) is 55.5 Å². The summed E-state index contributed by atoms with van der Waals surface area (Å²) in [5.74, 6) is -0.362. The fraction of sp³-hybridized carbons (Fsp3) is 0.107. The quantitative estimate of drug-likeness (QED) is 0.369. The van der Waals surface area contributed by atoms with Crippen molar-refractivity contribution in [2.75, 3.05) is 11.1 Å². The Morgan fingerprint density at radius 1 is 0.882 bits per heavy atom. The zero-order valence-electron chi connectivity index (χ0n) is 18.9. The summed E-state index contributed by atoms with van der Waals surface area (Å²) in [5, 5.41) is 5.74. The van der Waals surface area contributed by atoms with Crippen LogP contribution in [-0.2, 0) is 11.3 Å². The van der Waals surface area contributed by atoms with Gasteiger partial charge in [-0.1, -0.05) is 66.7 Å². The third-order valence-electron chi connectivity index (χ3n) is 5.66. The summed E-state index contributed by atoms with van der Waals surface area (Å²) in [6.07, 6.45) is 1.56. The molecule has 0 radical (unpaired) electrons. The van der Waals surface area contributed by atoms with Crippen molar-refractivity contribution in [1.29, 1.82) is 0 Å². The number of nitrogen functional groups attached to an aromatic ring is 1. The molecule has 6 heteroatoms. The number of carbonyl (C=O) groups is 2. The molecule has 0 aliphatic rings. The van der Waals surface area contributed by atoms with Gasteiger partial charge in [0.25, 0.3) is 5.91 Å². The van der Waals surface area contributed by atoms with Gasteiger partial charge < -0.3 is 16.4 Å². The molecule has 0 bridgehead atoms. The highest BCUT2D eigenvalue weighted by molar-refractivity contribution is 6.05. The second kappa shape index (κ2) is 10.4. The second-order valence-electron chi connectivity index (χ2n) is 8.02. The van der Waals surface area contributed by atoms with E-state index in [1.54, 1.807) is 30.5 Å². The third kappa shape index (κ3) is 5.48. The van der Waals surface area contributed by atoms with E-state index in [0.29, 0.717) is 17.8 Å². The van der Waals surface area contributed by atoms with Crippen LogP contribution in [0.1, 0.15) is 34.3 Å². The molecule has 1 heterocycles. The summed E-state index contributed by atoms with van der Waals surface area (Å²) in [7, 11) is 0. The molecule has 4 aromatic rings. The molecule has 0 spiro atoms. The predicted octanol–water partition coefficient (Wildman–Crippen LogP) is 5.00. The van der Waals surface area contributed by atoms with Gasteiger partial charge in [0, 0.05) is 18.3 Å². The number of rotatable bonds is 7. The van der Waals surface area contributed by atoms with Gasteiger partial charge in [-0.3, -0.25) is 9.59 Å². The fourth-order valence-corrected chi connectivity index (χ4v) is 3.60. The van der Waals surface area contributed by atoms with E-state index in [9.17, 15) is 9.59 Å². The monoisotopic (exact) mass is 450 g/mol. The van der Waals surface area contributed by atoms with Gasteiger partial charge in [-0.2, -0.15) is 0 Å². The van der Waals surface area contributed by atoms with Gasteiger partial charge in [-0.05, 0) is 53.4 Å². The van der Waals surface area contributed by atoms with Crippen LogP contribution in [0.4, 0.5) is 11.5 Å². The molecule has 4 N–H and O–H groups in total. The molecule has 6 nitrogen and oxygen atoms in total. The number of nitrogens with one attached hydrogen (secondary N) is 2.